The Morgan fingerprint density at radius 1 is 1.36 bits per heavy atom. The van der Waals surface area contributed by atoms with Crippen molar-refractivity contribution in [3.05, 3.63) is 58.5 Å². The summed E-state index contributed by atoms with van der Waals surface area (Å²) in [5.74, 6) is -0.868. The standard InChI is InChI=1S/C17H13ClFN3O2S/c1-22-12-4-3-11(19)15(18)9(12)7-13(22)17(24)20-8-2-5-14-10(6-8)16(23)21-25-14/h2-7,16,21,23H,1H3,(H,20,24). The van der Waals surface area contributed by atoms with Crippen molar-refractivity contribution in [1.82, 2.24) is 9.29 Å². The van der Waals surface area contributed by atoms with Gasteiger partial charge in [0.2, 0.25) is 0 Å². The van der Waals surface area contributed by atoms with Gasteiger partial charge in [-0.05, 0) is 48.3 Å². The molecule has 2 heterocycles. The summed E-state index contributed by atoms with van der Waals surface area (Å²) < 4.78 is 18.1. The molecule has 0 saturated carbocycles. The van der Waals surface area contributed by atoms with Crippen LogP contribution >= 0.6 is 23.5 Å². The summed E-state index contributed by atoms with van der Waals surface area (Å²) in [6.45, 7) is 0. The van der Waals surface area contributed by atoms with E-state index in [0.29, 0.717) is 27.8 Å². The zero-order valence-corrected chi connectivity index (χ0v) is 14.6. The van der Waals surface area contributed by atoms with Crippen molar-refractivity contribution in [3.8, 4) is 0 Å². The van der Waals surface area contributed by atoms with Crippen LogP contribution in [0.15, 0.2) is 41.3 Å². The zero-order chi connectivity index (χ0) is 17.7. The Labute approximate surface area is 151 Å². The fourth-order valence-electron chi connectivity index (χ4n) is 2.88. The van der Waals surface area contributed by atoms with Gasteiger partial charge in [-0.25, -0.2) is 9.11 Å². The second-order valence-electron chi connectivity index (χ2n) is 5.71. The first-order valence-electron chi connectivity index (χ1n) is 7.45. The Kier molecular flexibility index (Phi) is 3.96. The van der Waals surface area contributed by atoms with Crippen LogP contribution in [0.2, 0.25) is 5.02 Å². The molecule has 1 unspecified atom stereocenters. The molecule has 0 fully saturated rings. The first kappa shape index (κ1) is 16.4. The largest absolute Gasteiger partial charge is 0.373 e. The third kappa shape index (κ3) is 2.69. The molecule has 4 rings (SSSR count). The molecule has 5 nitrogen and oxygen atoms in total. The molecule has 25 heavy (non-hydrogen) atoms. The van der Waals surface area contributed by atoms with Crippen molar-refractivity contribution >= 4 is 46.0 Å². The van der Waals surface area contributed by atoms with Gasteiger partial charge in [-0.15, -0.1) is 0 Å². The highest BCUT2D eigenvalue weighted by Gasteiger charge is 2.22. The maximum absolute atomic E-state index is 13.6. The molecule has 0 saturated heterocycles. The molecule has 8 heteroatoms. The van der Waals surface area contributed by atoms with Gasteiger partial charge in [-0.3, -0.25) is 4.79 Å². The number of hydrogen-bond acceptors (Lipinski definition) is 4. The Hall–Kier alpha value is -2.06. The summed E-state index contributed by atoms with van der Waals surface area (Å²) >= 11 is 7.34. The maximum Gasteiger partial charge on any atom is 0.272 e. The van der Waals surface area contributed by atoms with Gasteiger partial charge >= 0.3 is 0 Å². The van der Waals surface area contributed by atoms with E-state index in [0.717, 1.165) is 4.90 Å². The van der Waals surface area contributed by atoms with Crippen LogP contribution in [0, 0.1) is 5.82 Å². The lowest BCUT2D eigenvalue weighted by Crippen LogP contribution is -2.15. The van der Waals surface area contributed by atoms with Gasteiger partial charge < -0.3 is 15.0 Å². The van der Waals surface area contributed by atoms with E-state index in [2.05, 4.69) is 10.0 Å². The first-order valence-corrected chi connectivity index (χ1v) is 8.64. The minimum Gasteiger partial charge on any atom is -0.373 e. The van der Waals surface area contributed by atoms with Crippen molar-refractivity contribution in [3.63, 3.8) is 0 Å². The maximum atomic E-state index is 13.6. The molecule has 3 N–H and O–H groups in total. The Morgan fingerprint density at radius 3 is 2.96 bits per heavy atom. The van der Waals surface area contributed by atoms with E-state index in [4.69, 9.17) is 11.6 Å². The van der Waals surface area contributed by atoms with Gasteiger partial charge in [0.15, 0.2) is 0 Å². The van der Waals surface area contributed by atoms with Gasteiger partial charge in [0.05, 0.1) is 10.5 Å². The summed E-state index contributed by atoms with van der Waals surface area (Å²) in [7, 11) is 1.72. The summed E-state index contributed by atoms with van der Waals surface area (Å²) in [6, 6.07) is 9.74. The van der Waals surface area contributed by atoms with Crippen LogP contribution in [0.3, 0.4) is 0 Å². The molecular weight excluding hydrogens is 365 g/mol. The molecule has 1 atom stereocenters. The third-order valence-corrected chi connectivity index (χ3v) is 5.51. The normalized spacial score (nSPS) is 16.2. The number of fused-ring (bicyclic) bond motifs is 2. The summed E-state index contributed by atoms with van der Waals surface area (Å²) in [4.78, 5) is 13.5. The van der Waals surface area contributed by atoms with Crippen molar-refractivity contribution in [2.45, 2.75) is 11.1 Å². The SMILES string of the molecule is Cn1c(C(=O)Nc2ccc3c(c2)C(O)NS3)cc2c(Cl)c(F)ccc21. The Balaban J connectivity index is 1.68. The molecule has 3 aromatic rings. The van der Waals surface area contributed by atoms with Crippen molar-refractivity contribution in [1.29, 1.82) is 0 Å². The van der Waals surface area contributed by atoms with E-state index in [9.17, 15) is 14.3 Å². The number of aromatic nitrogens is 1. The number of aryl methyl sites for hydroxylation is 1. The summed E-state index contributed by atoms with van der Waals surface area (Å²) in [5.41, 5.74) is 2.30. The first-order chi connectivity index (χ1) is 12.0. The number of nitrogens with one attached hydrogen (secondary N) is 2. The van der Waals surface area contributed by atoms with Crippen LogP contribution in [0.5, 0.6) is 0 Å². The zero-order valence-electron chi connectivity index (χ0n) is 13.0. The third-order valence-electron chi connectivity index (χ3n) is 4.19. The van der Waals surface area contributed by atoms with Crippen LogP contribution in [0.1, 0.15) is 22.3 Å². The van der Waals surface area contributed by atoms with E-state index < -0.39 is 12.0 Å². The molecular formula is C17H13ClFN3O2S. The Morgan fingerprint density at radius 2 is 2.16 bits per heavy atom. The number of benzene rings is 2. The molecule has 1 aromatic heterocycles. The minimum atomic E-state index is -0.767. The Bertz CT molecular complexity index is 1020. The lowest BCUT2D eigenvalue weighted by Gasteiger charge is -2.09. The lowest BCUT2D eigenvalue weighted by atomic mass is 10.1. The number of carbonyl (C=O) groups excluding carboxylic acids is 1. The molecule has 1 aliphatic heterocycles. The van der Waals surface area contributed by atoms with Crippen LogP contribution in [0.4, 0.5) is 10.1 Å². The van der Waals surface area contributed by atoms with E-state index >= 15 is 0 Å². The molecule has 0 spiro atoms. The van der Waals surface area contributed by atoms with Crippen LogP contribution in [0.25, 0.3) is 10.9 Å². The highest BCUT2D eigenvalue weighted by atomic mass is 35.5. The molecule has 0 aliphatic carbocycles. The van der Waals surface area contributed by atoms with E-state index in [1.165, 1.54) is 18.0 Å². The average Bonchev–Trinajstić information content (AvgIpc) is 3.12. The van der Waals surface area contributed by atoms with Gasteiger partial charge in [-0.1, -0.05) is 11.6 Å². The number of aliphatic hydroxyl groups is 1. The van der Waals surface area contributed by atoms with Gasteiger partial charge in [0, 0.05) is 28.6 Å². The highest BCUT2D eigenvalue weighted by Crippen LogP contribution is 2.35. The topological polar surface area (TPSA) is 66.3 Å². The predicted octanol–water partition coefficient (Wildman–Crippen LogP) is 3.82. The quantitative estimate of drug-likeness (QED) is 0.594. The fourth-order valence-corrected chi connectivity index (χ4v) is 3.88. The summed E-state index contributed by atoms with van der Waals surface area (Å²) in [5, 5.41) is 13.1. The lowest BCUT2D eigenvalue weighted by molar-refractivity contribution is 0.101. The smallest absolute Gasteiger partial charge is 0.272 e. The molecule has 1 amide bonds. The van der Waals surface area contributed by atoms with E-state index in [1.54, 1.807) is 35.9 Å². The second-order valence-corrected chi connectivity index (χ2v) is 6.97. The van der Waals surface area contributed by atoms with Crippen LogP contribution in [-0.4, -0.2) is 15.6 Å². The predicted molar refractivity (Wildman–Crippen MR) is 96.2 cm³/mol. The number of anilines is 1. The summed E-state index contributed by atoms with van der Waals surface area (Å²) in [6.07, 6.45) is -0.767. The number of rotatable bonds is 2. The van der Waals surface area contributed by atoms with Crippen molar-refractivity contribution in [2.75, 3.05) is 5.32 Å². The average molecular weight is 378 g/mol. The van der Waals surface area contributed by atoms with Crippen molar-refractivity contribution in [2.24, 2.45) is 7.05 Å². The number of aliphatic hydroxyl groups excluding tert-OH is 1. The number of hydrogen-bond donors (Lipinski definition) is 3. The molecule has 0 radical (unpaired) electrons. The number of carbonyl (C=O) groups is 1. The van der Waals surface area contributed by atoms with Gasteiger partial charge in [0.1, 0.15) is 17.7 Å². The van der Waals surface area contributed by atoms with Crippen LogP contribution < -0.4 is 10.0 Å². The highest BCUT2D eigenvalue weighted by molar-refractivity contribution is 7.97. The van der Waals surface area contributed by atoms with E-state index in [-0.39, 0.29) is 10.9 Å². The molecule has 1 aliphatic rings. The van der Waals surface area contributed by atoms with Gasteiger partial charge in [-0.2, -0.15) is 0 Å². The molecule has 128 valence electrons. The van der Waals surface area contributed by atoms with Crippen LogP contribution in [-0.2, 0) is 7.05 Å². The number of nitrogens with zero attached hydrogens (tertiary/aromatic N) is 1. The minimum absolute atomic E-state index is 0.00379. The molecule has 2 aromatic carbocycles. The number of halogens is 2. The number of amides is 1. The second kappa shape index (κ2) is 6.03. The molecule has 0 bridgehead atoms. The van der Waals surface area contributed by atoms with Crippen molar-refractivity contribution < 1.29 is 14.3 Å². The van der Waals surface area contributed by atoms with E-state index in [1.807, 2.05) is 6.07 Å². The monoisotopic (exact) mass is 377 g/mol. The fraction of sp³-hybridized carbons (Fsp3) is 0.118. The van der Waals surface area contributed by atoms with Gasteiger partial charge in [0.25, 0.3) is 5.91 Å².